The lowest BCUT2D eigenvalue weighted by atomic mass is 10.2. The zero-order valence-electron chi connectivity index (χ0n) is 14.4. The first-order valence-electron chi connectivity index (χ1n) is 7.57. The number of urea groups is 1. The van der Waals surface area contributed by atoms with E-state index in [2.05, 4.69) is 41.5 Å². The number of amides is 2. The first-order valence-corrected chi connectivity index (χ1v) is 9.23. The lowest BCUT2D eigenvalue weighted by Gasteiger charge is -2.39. The van der Waals surface area contributed by atoms with Crippen LogP contribution in [0.5, 0.6) is 0 Å². The van der Waals surface area contributed by atoms with E-state index < -0.39 is 8.80 Å². The van der Waals surface area contributed by atoms with Gasteiger partial charge in [0.15, 0.2) is 5.22 Å². The number of likely N-dealkylation sites (N-methyl/N-ethyl adjacent to an activating group) is 2. The number of carbonyl (C=O) groups excluding carboxylic acids is 1. The molecule has 20 heavy (non-hydrogen) atoms. The van der Waals surface area contributed by atoms with Crippen molar-refractivity contribution in [3.8, 4) is 0 Å². The molecule has 0 spiro atoms. The van der Waals surface area contributed by atoms with E-state index in [0.29, 0.717) is 24.2 Å². The van der Waals surface area contributed by atoms with Gasteiger partial charge in [0.05, 0.1) is 30.3 Å². The third-order valence-corrected chi connectivity index (χ3v) is 8.00. The van der Waals surface area contributed by atoms with Gasteiger partial charge in [-0.3, -0.25) is 0 Å². The standard InChI is InChI=1S/C15H31N2O2Si/c1-11(2)20(12(3)4)15(5,6)19-13-9-16(7)14(18)17(8)10-13/h11-13H,9-10H2,1-8H3/q+1. The Morgan fingerprint density at radius 2 is 1.50 bits per heavy atom. The van der Waals surface area contributed by atoms with Gasteiger partial charge in [-0.1, -0.05) is 0 Å². The number of rotatable bonds is 5. The number of ether oxygens (including phenoxy) is 1. The van der Waals surface area contributed by atoms with Crippen LogP contribution in [-0.2, 0) is 4.74 Å². The van der Waals surface area contributed by atoms with Gasteiger partial charge in [-0.05, 0) is 41.5 Å². The molecule has 1 saturated heterocycles. The molecule has 5 heteroatoms. The summed E-state index contributed by atoms with van der Waals surface area (Å²) < 4.78 is 6.46. The van der Waals surface area contributed by atoms with Crippen LogP contribution in [0.4, 0.5) is 4.79 Å². The molecule has 1 fully saturated rings. The van der Waals surface area contributed by atoms with Crippen LogP contribution in [0.25, 0.3) is 0 Å². The molecule has 1 heterocycles. The van der Waals surface area contributed by atoms with Gasteiger partial charge in [0, 0.05) is 14.1 Å². The van der Waals surface area contributed by atoms with E-state index in [1.54, 1.807) is 9.80 Å². The minimum atomic E-state index is -0.646. The maximum absolute atomic E-state index is 11.8. The molecule has 2 amide bonds. The summed E-state index contributed by atoms with van der Waals surface area (Å²) in [5, 5.41) is -0.0836. The summed E-state index contributed by atoms with van der Waals surface area (Å²) in [7, 11) is 3.04. The molecule has 0 atom stereocenters. The minimum absolute atomic E-state index is 0.0836. The van der Waals surface area contributed by atoms with Crippen molar-refractivity contribution in [1.82, 2.24) is 9.80 Å². The highest BCUT2D eigenvalue weighted by molar-refractivity contribution is 6.64. The van der Waals surface area contributed by atoms with Crippen LogP contribution < -0.4 is 0 Å². The van der Waals surface area contributed by atoms with E-state index in [9.17, 15) is 4.79 Å². The summed E-state index contributed by atoms with van der Waals surface area (Å²) in [4.78, 5) is 15.3. The molecular formula is C15H31N2O2Si+. The van der Waals surface area contributed by atoms with Crippen LogP contribution in [0, 0.1) is 0 Å². The lowest BCUT2D eigenvalue weighted by Crippen LogP contribution is -2.57. The molecule has 0 aromatic carbocycles. The van der Waals surface area contributed by atoms with Crippen molar-refractivity contribution in [2.45, 2.75) is 64.0 Å². The summed E-state index contributed by atoms with van der Waals surface area (Å²) >= 11 is 0. The van der Waals surface area contributed by atoms with Gasteiger partial charge in [-0.25, -0.2) is 4.79 Å². The highest BCUT2D eigenvalue weighted by Crippen LogP contribution is 2.33. The Kier molecular flexibility index (Phi) is 5.67. The van der Waals surface area contributed by atoms with E-state index in [-0.39, 0.29) is 17.4 Å². The highest BCUT2D eigenvalue weighted by atomic mass is 28.3. The van der Waals surface area contributed by atoms with Gasteiger partial charge in [0.25, 0.3) is 0 Å². The second-order valence-corrected chi connectivity index (χ2v) is 11.5. The second kappa shape index (κ2) is 6.48. The molecule has 0 aliphatic carbocycles. The van der Waals surface area contributed by atoms with Crippen molar-refractivity contribution in [2.75, 3.05) is 27.2 Å². The Morgan fingerprint density at radius 1 is 1.10 bits per heavy atom. The normalized spacial score (nSPS) is 18.4. The maximum atomic E-state index is 11.8. The third kappa shape index (κ3) is 3.98. The van der Waals surface area contributed by atoms with Gasteiger partial charge >= 0.3 is 14.8 Å². The SMILES string of the molecule is CC(C)[Si+](C(C)C)C(C)(C)OC1CN(C)C(=O)N(C)C1. The van der Waals surface area contributed by atoms with Crippen molar-refractivity contribution in [1.29, 1.82) is 0 Å². The fourth-order valence-electron chi connectivity index (χ4n) is 3.73. The van der Waals surface area contributed by atoms with Crippen molar-refractivity contribution < 1.29 is 9.53 Å². The van der Waals surface area contributed by atoms with Crippen LogP contribution >= 0.6 is 0 Å². The monoisotopic (exact) mass is 299 g/mol. The Morgan fingerprint density at radius 3 is 1.85 bits per heavy atom. The highest BCUT2D eigenvalue weighted by Gasteiger charge is 2.52. The molecule has 0 aromatic heterocycles. The Hall–Kier alpha value is -0.553. The molecule has 0 saturated carbocycles. The van der Waals surface area contributed by atoms with Crippen LogP contribution in [0.1, 0.15) is 41.5 Å². The minimum Gasteiger partial charge on any atom is -0.340 e. The van der Waals surface area contributed by atoms with Crippen molar-refractivity contribution in [3.05, 3.63) is 0 Å². The Balaban J connectivity index is 2.77. The molecule has 0 bridgehead atoms. The topological polar surface area (TPSA) is 32.8 Å². The van der Waals surface area contributed by atoms with Gasteiger partial charge in [0.2, 0.25) is 0 Å². The zero-order chi connectivity index (χ0) is 15.7. The van der Waals surface area contributed by atoms with Crippen LogP contribution in [0.3, 0.4) is 0 Å². The summed E-state index contributed by atoms with van der Waals surface area (Å²) in [6.07, 6.45) is 0.107. The lowest BCUT2D eigenvalue weighted by molar-refractivity contribution is -0.0566. The van der Waals surface area contributed by atoms with E-state index in [1.807, 2.05) is 14.1 Å². The summed E-state index contributed by atoms with van der Waals surface area (Å²) in [6.45, 7) is 15.1. The number of carbonyl (C=O) groups is 1. The molecule has 0 aromatic rings. The predicted molar refractivity (Wildman–Crippen MR) is 85.6 cm³/mol. The summed E-state index contributed by atoms with van der Waals surface area (Å²) in [5.41, 5.74) is 1.35. The number of nitrogens with zero attached hydrogens (tertiary/aromatic N) is 2. The van der Waals surface area contributed by atoms with Crippen LogP contribution in [0.2, 0.25) is 11.1 Å². The average molecular weight is 300 g/mol. The van der Waals surface area contributed by atoms with Crippen LogP contribution in [-0.4, -0.2) is 63.1 Å². The summed E-state index contributed by atoms with van der Waals surface area (Å²) in [6, 6.07) is 0.0842. The molecule has 0 N–H and O–H groups in total. The van der Waals surface area contributed by atoms with Crippen molar-refractivity contribution in [2.24, 2.45) is 0 Å². The first-order chi connectivity index (χ1) is 9.06. The van der Waals surface area contributed by atoms with Crippen molar-refractivity contribution in [3.63, 3.8) is 0 Å². The average Bonchev–Trinajstić information content (AvgIpc) is 2.22. The molecule has 116 valence electrons. The quantitative estimate of drug-likeness (QED) is 0.731. The Labute approximate surface area is 126 Å². The largest absolute Gasteiger partial charge is 0.356 e. The molecule has 0 radical (unpaired) electrons. The smallest absolute Gasteiger partial charge is 0.340 e. The maximum Gasteiger partial charge on any atom is 0.356 e. The fourth-order valence-corrected chi connectivity index (χ4v) is 8.15. The van der Waals surface area contributed by atoms with E-state index in [0.717, 1.165) is 0 Å². The molecule has 0 unspecified atom stereocenters. The molecule has 1 rings (SSSR count). The van der Waals surface area contributed by atoms with Crippen LogP contribution in [0.15, 0.2) is 0 Å². The van der Waals surface area contributed by atoms with Gasteiger partial charge in [-0.2, -0.15) is 0 Å². The zero-order valence-corrected chi connectivity index (χ0v) is 15.4. The van der Waals surface area contributed by atoms with E-state index in [4.69, 9.17) is 4.74 Å². The molecule has 1 aliphatic rings. The molecule has 4 nitrogen and oxygen atoms in total. The molecule has 1 aliphatic heterocycles. The van der Waals surface area contributed by atoms with Crippen molar-refractivity contribution >= 4 is 14.8 Å². The molecular weight excluding hydrogens is 268 g/mol. The number of hydrogen-bond acceptors (Lipinski definition) is 2. The second-order valence-electron chi connectivity index (χ2n) is 7.06. The van der Waals surface area contributed by atoms with E-state index in [1.165, 1.54) is 0 Å². The third-order valence-electron chi connectivity index (χ3n) is 4.01. The van der Waals surface area contributed by atoms with Gasteiger partial charge in [0.1, 0.15) is 0 Å². The predicted octanol–water partition coefficient (Wildman–Crippen LogP) is 3.00. The van der Waals surface area contributed by atoms with E-state index >= 15 is 0 Å². The summed E-state index contributed by atoms with van der Waals surface area (Å²) in [5.74, 6) is 0. The fraction of sp³-hybridized carbons (Fsp3) is 0.933. The first kappa shape index (κ1) is 17.5. The van der Waals surface area contributed by atoms with Gasteiger partial charge in [-0.15, -0.1) is 0 Å². The van der Waals surface area contributed by atoms with Gasteiger partial charge < -0.3 is 14.5 Å². The Bertz CT molecular complexity index is 323. The number of hydrogen-bond donors (Lipinski definition) is 0.